The van der Waals surface area contributed by atoms with Crippen molar-refractivity contribution in [1.82, 2.24) is 19.7 Å². The van der Waals surface area contributed by atoms with Crippen LogP contribution in [-0.4, -0.2) is 50.8 Å². The van der Waals surface area contributed by atoms with Crippen LogP contribution in [-0.2, 0) is 22.4 Å². The van der Waals surface area contributed by atoms with E-state index in [0.29, 0.717) is 5.16 Å². The summed E-state index contributed by atoms with van der Waals surface area (Å²) < 4.78 is 1.89. The van der Waals surface area contributed by atoms with E-state index in [2.05, 4.69) is 28.5 Å². The number of nitrogens with one attached hydrogen (secondary N) is 1. The number of amides is 2. The first-order valence-corrected chi connectivity index (χ1v) is 11.2. The number of aryl methyl sites for hydroxylation is 2. The molecule has 0 radical (unpaired) electrons. The predicted molar refractivity (Wildman–Crippen MR) is 124 cm³/mol. The molecule has 0 saturated heterocycles. The minimum atomic E-state index is -0.221. The van der Waals surface area contributed by atoms with E-state index in [4.69, 9.17) is 0 Å². The lowest BCUT2D eigenvalue weighted by Crippen LogP contribution is -2.36. The van der Waals surface area contributed by atoms with E-state index in [1.165, 1.54) is 22.2 Å². The van der Waals surface area contributed by atoms with Gasteiger partial charge in [0.05, 0.1) is 18.0 Å². The molecule has 0 fully saturated rings. The van der Waals surface area contributed by atoms with Crippen molar-refractivity contribution in [2.45, 2.75) is 31.8 Å². The number of aromatic nitrogens is 3. The molecule has 0 aliphatic heterocycles. The van der Waals surface area contributed by atoms with Gasteiger partial charge in [-0.2, -0.15) is 0 Å². The second-order valence-electron chi connectivity index (χ2n) is 7.06. The van der Waals surface area contributed by atoms with Crippen LogP contribution in [0.1, 0.15) is 25.0 Å². The summed E-state index contributed by atoms with van der Waals surface area (Å²) >= 11 is 1.31. The average molecular weight is 438 g/mol. The van der Waals surface area contributed by atoms with Crippen molar-refractivity contribution >= 4 is 29.3 Å². The molecule has 0 spiro atoms. The van der Waals surface area contributed by atoms with Gasteiger partial charge in [-0.25, -0.2) is 0 Å². The molecule has 31 heavy (non-hydrogen) atoms. The van der Waals surface area contributed by atoms with Crippen molar-refractivity contribution in [3.8, 4) is 5.69 Å². The zero-order chi connectivity index (χ0) is 22.2. The Labute approximate surface area is 186 Å². The highest BCUT2D eigenvalue weighted by Crippen LogP contribution is 2.22. The summed E-state index contributed by atoms with van der Waals surface area (Å²) in [7, 11) is 1.63. The number of hydrogen-bond donors (Lipinski definition) is 1. The molecule has 0 bridgehead atoms. The first-order valence-electron chi connectivity index (χ1n) is 10.3. The molecule has 0 unspecified atom stereocenters. The van der Waals surface area contributed by atoms with Crippen LogP contribution in [0.3, 0.4) is 0 Å². The Bertz CT molecular complexity index is 1050. The normalized spacial score (nSPS) is 10.7. The molecule has 2 aromatic carbocycles. The van der Waals surface area contributed by atoms with E-state index in [1.54, 1.807) is 13.4 Å². The van der Waals surface area contributed by atoms with Crippen LogP contribution in [0, 0.1) is 0 Å². The number of likely N-dealkylation sites (N-methyl/N-ethyl adjacent to an activating group) is 1. The van der Waals surface area contributed by atoms with Crippen molar-refractivity contribution < 1.29 is 9.59 Å². The number of nitrogens with zero attached hydrogens (tertiary/aromatic N) is 4. The maximum absolute atomic E-state index is 12.6. The first-order chi connectivity index (χ1) is 15.0. The van der Waals surface area contributed by atoms with Crippen LogP contribution in [0.4, 0.5) is 5.69 Å². The summed E-state index contributed by atoms with van der Waals surface area (Å²) in [5.41, 5.74) is 4.03. The lowest BCUT2D eigenvalue weighted by molar-refractivity contribution is -0.131. The molecule has 162 valence electrons. The van der Waals surface area contributed by atoms with Gasteiger partial charge < -0.3 is 10.2 Å². The van der Waals surface area contributed by atoms with Gasteiger partial charge in [-0.05, 0) is 36.1 Å². The highest BCUT2D eigenvalue weighted by molar-refractivity contribution is 7.99. The lowest BCUT2D eigenvalue weighted by atomic mass is 10.1. The third-order valence-electron chi connectivity index (χ3n) is 4.95. The number of thioether (sulfide) groups is 1. The van der Waals surface area contributed by atoms with E-state index in [1.807, 2.05) is 54.0 Å². The molecule has 1 aromatic heterocycles. The average Bonchev–Trinajstić information content (AvgIpc) is 3.26. The Morgan fingerprint density at radius 1 is 1.03 bits per heavy atom. The van der Waals surface area contributed by atoms with Crippen molar-refractivity contribution in [3.05, 3.63) is 66.0 Å². The van der Waals surface area contributed by atoms with Crippen LogP contribution >= 0.6 is 11.8 Å². The Hall–Kier alpha value is -3.13. The van der Waals surface area contributed by atoms with Crippen LogP contribution in [0.15, 0.2) is 60.0 Å². The number of carbonyl (C=O) groups excluding carboxylic acids is 2. The molecule has 0 aliphatic rings. The fourth-order valence-electron chi connectivity index (χ4n) is 3.21. The summed E-state index contributed by atoms with van der Waals surface area (Å²) in [6, 6.07) is 15.7. The summed E-state index contributed by atoms with van der Waals surface area (Å²) in [6.07, 6.45) is 3.36. The van der Waals surface area contributed by atoms with Crippen LogP contribution < -0.4 is 5.32 Å². The third kappa shape index (κ3) is 5.73. The second-order valence-corrected chi connectivity index (χ2v) is 8.01. The number of benzene rings is 2. The van der Waals surface area contributed by atoms with Crippen LogP contribution in [0.5, 0.6) is 0 Å². The minimum Gasteiger partial charge on any atom is -0.336 e. The second kappa shape index (κ2) is 10.8. The van der Waals surface area contributed by atoms with E-state index in [0.717, 1.165) is 29.8 Å². The lowest BCUT2D eigenvalue weighted by Gasteiger charge is -2.17. The van der Waals surface area contributed by atoms with Gasteiger partial charge in [0.15, 0.2) is 5.16 Å². The minimum absolute atomic E-state index is 0.0111. The third-order valence-corrected chi connectivity index (χ3v) is 5.88. The highest BCUT2D eigenvalue weighted by Gasteiger charge is 2.17. The molecular formula is C23H27N5O2S. The Balaban J connectivity index is 1.58. The topological polar surface area (TPSA) is 80.1 Å². The fraction of sp³-hybridized carbons (Fsp3) is 0.304. The summed E-state index contributed by atoms with van der Waals surface area (Å²) in [5, 5.41) is 11.7. The molecule has 3 aromatic rings. The number of hydrogen-bond acceptors (Lipinski definition) is 5. The van der Waals surface area contributed by atoms with Gasteiger partial charge in [-0.15, -0.1) is 10.2 Å². The predicted octanol–water partition coefficient (Wildman–Crippen LogP) is 3.58. The summed E-state index contributed by atoms with van der Waals surface area (Å²) in [6.45, 7) is 4.12. The summed E-state index contributed by atoms with van der Waals surface area (Å²) in [4.78, 5) is 26.4. The number of rotatable bonds is 9. The zero-order valence-corrected chi connectivity index (χ0v) is 18.9. The highest BCUT2D eigenvalue weighted by atomic mass is 32.2. The van der Waals surface area contributed by atoms with Gasteiger partial charge >= 0.3 is 0 Å². The molecule has 7 nitrogen and oxygen atoms in total. The van der Waals surface area contributed by atoms with Gasteiger partial charge in [0, 0.05) is 12.7 Å². The SMILES string of the molecule is CCc1ccccc1NC(=O)CN(C)C(=O)CSc1nncn1-c1ccccc1CC. The van der Waals surface area contributed by atoms with E-state index >= 15 is 0 Å². The monoisotopic (exact) mass is 437 g/mol. The molecular weight excluding hydrogens is 410 g/mol. The van der Waals surface area contributed by atoms with Crippen molar-refractivity contribution in [1.29, 1.82) is 0 Å². The molecule has 0 atom stereocenters. The number of carbonyl (C=O) groups is 2. The maximum Gasteiger partial charge on any atom is 0.243 e. The van der Waals surface area contributed by atoms with Crippen molar-refractivity contribution in [2.24, 2.45) is 0 Å². The zero-order valence-electron chi connectivity index (χ0n) is 18.0. The van der Waals surface area contributed by atoms with Gasteiger partial charge in [0.2, 0.25) is 11.8 Å². The van der Waals surface area contributed by atoms with Gasteiger partial charge in [0.25, 0.3) is 0 Å². The van der Waals surface area contributed by atoms with Crippen molar-refractivity contribution in [3.63, 3.8) is 0 Å². The van der Waals surface area contributed by atoms with Gasteiger partial charge in [0.1, 0.15) is 6.33 Å². The number of anilines is 1. The van der Waals surface area contributed by atoms with E-state index in [-0.39, 0.29) is 24.1 Å². The molecule has 1 heterocycles. The smallest absolute Gasteiger partial charge is 0.243 e. The molecule has 0 aliphatic carbocycles. The molecule has 2 amide bonds. The van der Waals surface area contributed by atoms with Gasteiger partial charge in [-0.3, -0.25) is 14.2 Å². The molecule has 8 heteroatoms. The number of para-hydroxylation sites is 2. The van der Waals surface area contributed by atoms with E-state index < -0.39 is 0 Å². The molecule has 1 N–H and O–H groups in total. The van der Waals surface area contributed by atoms with Crippen molar-refractivity contribution in [2.75, 3.05) is 24.7 Å². The Morgan fingerprint density at radius 2 is 1.71 bits per heavy atom. The quantitative estimate of drug-likeness (QED) is 0.518. The van der Waals surface area contributed by atoms with Crippen LogP contribution in [0.2, 0.25) is 0 Å². The summed E-state index contributed by atoms with van der Waals surface area (Å²) in [5.74, 6) is -0.202. The molecule has 0 saturated carbocycles. The maximum atomic E-state index is 12.6. The van der Waals surface area contributed by atoms with Gasteiger partial charge in [-0.1, -0.05) is 62.0 Å². The van der Waals surface area contributed by atoms with Crippen LogP contribution in [0.25, 0.3) is 5.69 Å². The Morgan fingerprint density at radius 3 is 2.45 bits per heavy atom. The Kier molecular flexibility index (Phi) is 7.83. The van der Waals surface area contributed by atoms with E-state index in [9.17, 15) is 9.59 Å². The largest absolute Gasteiger partial charge is 0.336 e. The molecule has 3 rings (SSSR count). The fourth-order valence-corrected chi connectivity index (χ4v) is 4.08. The standard InChI is InChI=1S/C23H27N5O2S/c1-4-17-10-6-8-12-19(17)25-21(29)14-27(3)22(30)15-31-23-26-24-16-28(23)20-13-9-7-11-18(20)5-2/h6-13,16H,4-5,14-15H2,1-3H3,(H,25,29). The first kappa shape index (κ1) is 22.6.